The summed E-state index contributed by atoms with van der Waals surface area (Å²) in [5.74, 6) is 4.88. The van der Waals surface area contributed by atoms with Crippen LogP contribution in [-0.4, -0.2) is 12.0 Å². The highest BCUT2D eigenvalue weighted by molar-refractivity contribution is 5.81. The molecule has 0 saturated heterocycles. The van der Waals surface area contributed by atoms with Crippen molar-refractivity contribution < 1.29 is 18.0 Å². The Bertz CT molecular complexity index is 574. The quantitative estimate of drug-likeness (QED) is 0.646. The van der Waals surface area contributed by atoms with Gasteiger partial charge in [-0.3, -0.25) is 4.79 Å². The number of hydrogen-bond donors (Lipinski definition) is 0. The van der Waals surface area contributed by atoms with Crippen LogP contribution in [-0.2, 0) is 4.79 Å². The molecule has 1 saturated carbocycles. The van der Waals surface area contributed by atoms with Gasteiger partial charge in [-0.1, -0.05) is 49.3 Å². The van der Waals surface area contributed by atoms with Gasteiger partial charge in [0.15, 0.2) is 0 Å². The molecule has 2 rings (SSSR count). The predicted octanol–water partition coefficient (Wildman–Crippen LogP) is 5.54. The van der Waals surface area contributed by atoms with Crippen LogP contribution in [0, 0.1) is 23.7 Å². The molecule has 0 aliphatic heterocycles. The Hall–Kier alpha value is -1.76. The van der Waals surface area contributed by atoms with Crippen molar-refractivity contribution in [3.8, 4) is 11.8 Å². The van der Waals surface area contributed by atoms with Gasteiger partial charge in [0.1, 0.15) is 5.78 Å². The average molecular weight is 336 g/mol. The van der Waals surface area contributed by atoms with E-state index in [0.29, 0.717) is 5.56 Å². The van der Waals surface area contributed by atoms with E-state index in [9.17, 15) is 18.0 Å². The van der Waals surface area contributed by atoms with E-state index in [2.05, 4.69) is 11.8 Å². The zero-order valence-corrected chi connectivity index (χ0v) is 13.7. The van der Waals surface area contributed by atoms with E-state index < -0.39 is 18.5 Å². The third-order valence-electron chi connectivity index (χ3n) is 4.47. The molecular formula is C20H23F3O. The Labute approximate surface area is 141 Å². The van der Waals surface area contributed by atoms with Gasteiger partial charge in [-0.15, -0.1) is 0 Å². The molecule has 1 aliphatic rings. The lowest BCUT2D eigenvalue weighted by molar-refractivity contribution is -0.142. The molecule has 0 spiro atoms. The Kier molecular flexibility index (Phi) is 6.90. The number of carbonyl (C=O) groups is 1. The van der Waals surface area contributed by atoms with E-state index in [1.54, 1.807) is 24.3 Å². The maximum absolute atomic E-state index is 12.8. The zero-order valence-electron chi connectivity index (χ0n) is 13.7. The first-order valence-electron chi connectivity index (χ1n) is 8.60. The highest BCUT2D eigenvalue weighted by Crippen LogP contribution is 2.29. The number of carbonyl (C=O) groups excluding carboxylic acids is 1. The Morgan fingerprint density at radius 1 is 1.12 bits per heavy atom. The molecule has 4 heteroatoms. The summed E-state index contributed by atoms with van der Waals surface area (Å²) in [7, 11) is 0. The molecule has 24 heavy (non-hydrogen) atoms. The predicted molar refractivity (Wildman–Crippen MR) is 88.3 cm³/mol. The minimum atomic E-state index is -4.26. The van der Waals surface area contributed by atoms with Crippen molar-refractivity contribution in [3.05, 3.63) is 35.9 Å². The fourth-order valence-corrected chi connectivity index (χ4v) is 3.16. The van der Waals surface area contributed by atoms with Crippen LogP contribution in [0.5, 0.6) is 0 Å². The highest BCUT2D eigenvalue weighted by atomic mass is 19.4. The van der Waals surface area contributed by atoms with Crippen molar-refractivity contribution in [2.75, 3.05) is 0 Å². The number of halogens is 3. The second kappa shape index (κ2) is 8.92. The minimum Gasteiger partial charge on any atom is -0.299 e. The summed E-state index contributed by atoms with van der Waals surface area (Å²) in [4.78, 5) is 12.2. The van der Waals surface area contributed by atoms with E-state index in [1.165, 1.54) is 0 Å². The Morgan fingerprint density at radius 2 is 1.79 bits per heavy atom. The van der Waals surface area contributed by atoms with Crippen LogP contribution in [0.2, 0.25) is 0 Å². The van der Waals surface area contributed by atoms with E-state index in [1.807, 2.05) is 6.07 Å². The first kappa shape index (κ1) is 18.6. The third kappa shape index (κ3) is 6.78. The first-order valence-corrected chi connectivity index (χ1v) is 8.60. The van der Waals surface area contributed by atoms with Crippen LogP contribution < -0.4 is 0 Å². The summed E-state index contributed by atoms with van der Waals surface area (Å²) < 4.78 is 38.3. The van der Waals surface area contributed by atoms with Gasteiger partial charge in [0.05, 0.1) is 6.42 Å². The molecule has 0 amide bonds. The van der Waals surface area contributed by atoms with Gasteiger partial charge in [0.25, 0.3) is 0 Å². The molecule has 1 nitrogen and oxygen atoms in total. The molecule has 130 valence electrons. The molecule has 1 unspecified atom stereocenters. The number of Topliss-reactive ketones (excluding diaryl/α,β-unsaturated/α-hetero) is 1. The van der Waals surface area contributed by atoms with Crippen molar-refractivity contribution in [1.29, 1.82) is 0 Å². The van der Waals surface area contributed by atoms with Crippen LogP contribution in [0.3, 0.4) is 0 Å². The van der Waals surface area contributed by atoms with E-state index in [-0.39, 0.29) is 24.5 Å². The Balaban J connectivity index is 1.95. The van der Waals surface area contributed by atoms with Gasteiger partial charge in [-0.05, 0) is 31.4 Å². The van der Waals surface area contributed by atoms with Gasteiger partial charge in [0.2, 0.25) is 0 Å². The fraction of sp³-hybridized carbons (Fsp3) is 0.550. The summed E-state index contributed by atoms with van der Waals surface area (Å²) in [6, 6.07) is 8.97. The third-order valence-corrected chi connectivity index (χ3v) is 4.47. The molecule has 1 aliphatic carbocycles. The maximum atomic E-state index is 12.8. The molecular weight excluding hydrogens is 313 g/mol. The molecule has 0 N–H and O–H groups in total. The topological polar surface area (TPSA) is 17.1 Å². The van der Waals surface area contributed by atoms with E-state index in [0.717, 1.165) is 32.1 Å². The number of ketones is 1. The van der Waals surface area contributed by atoms with Gasteiger partial charge in [0, 0.05) is 23.8 Å². The second-order valence-electron chi connectivity index (χ2n) is 6.49. The van der Waals surface area contributed by atoms with Gasteiger partial charge < -0.3 is 0 Å². The average Bonchev–Trinajstić information content (AvgIpc) is 2.57. The van der Waals surface area contributed by atoms with Crippen LogP contribution in [0.4, 0.5) is 13.2 Å². The van der Waals surface area contributed by atoms with Crippen LogP contribution in [0.25, 0.3) is 0 Å². The molecule has 1 fully saturated rings. The van der Waals surface area contributed by atoms with E-state index in [4.69, 9.17) is 0 Å². The Morgan fingerprint density at radius 3 is 2.42 bits per heavy atom. The summed E-state index contributed by atoms with van der Waals surface area (Å²) in [6.45, 7) is 0. The lowest BCUT2D eigenvalue weighted by Crippen LogP contribution is -2.20. The molecule has 1 aromatic rings. The van der Waals surface area contributed by atoms with Gasteiger partial charge in [-0.2, -0.15) is 13.2 Å². The van der Waals surface area contributed by atoms with Crippen molar-refractivity contribution in [1.82, 2.24) is 0 Å². The van der Waals surface area contributed by atoms with Crippen LogP contribution >= 0.6 is 0 Å². The van der Waals surface area contributed by atoms with Crippen molar-refractivity contribution in [2.45, 2.75) is 57.5 Å². The van der Waals surface area contributed by atoms with Crippen molar-refractivity contribution in [3.63, 3.8) is 0 Å². The number of benzene rings is 1. The zero-order chi connectivity index (χ0) is 17.4. The monoisotopic (exact) mass is 336 g/mol. The smallest absolute Gasteiger partial charge is 0.299 e. The van der Waals surface area contributed by atoms with Gasteiger partial charge >= 0.3 is 6.18 Å². The van der Waals surface area contributed by atoms with Crippen molar-refractivity contribution >= 4 is 5.78 Å². The summed E-state index contributed by atoms with van der Waals surface area (Å²) in [5.41, 5.74) is 0.697. The van der Waals surface area contributed by atoms with Crippen LogP contribution in [0.15, 0.2) is 30.3 Å². The minimum absolute atomic E-state index is 0.0485. The highest BCUT2D eigenvalue weighted by Gasteiger charge is 2.32. The van der Waals surface area contributed by atoms with Gasteiger partial charge in [-0.25, -0.2) is 0 Å². The largest absolute Gasteiger partial charge is 0.390 e. The summed E-state index contributed by atoms with van der Waals surface area (Å²) in [5, 5.41) is 0. The maximum Gasteiger partial charge on any atom is 0.390 e. The number of hydrogen-bond acceptors (Lipinski definition) is 1. The molecule has 0 heterocycles. The molecule has 0 radical (unpaired) electrons. The number of alkyl halides is 3. The SMILES string of the molecule is O=C(CCC(C#Cc1ccccc1)CC(F)(F)F)C1CCCCC1. The lowest BCUT2D eigenvalue weighted by Gasteiger charge is -2.21. The van der Waals surface area contributed by atoms with E-state index >= 15 is 0 Å². The molecule has 1 atom stereocenters. The molecule has 0 bridgehead atoms. The summed E-state index contributed by atoms with van der Waals surface area (Å²) >= 11 is 0. The molecule has 0 aromatic heterocycles. The normalized spacial score (nSPS) is 17.0. The standard InChI is InChI=1S/C20H23F3O/c21-20(22,23)15-17(12-11-16-7-3-1-4-8-16)13-14-19(24)18-9-5-2-6-10-18/h1,3-4,7-8,17-18H,2,5-6,9-10,13-15H2. The van der Waals surface area contributed by atoms with Crippen LogP contribution in [0.1, 0.15) is 56.9 Å². The fourth-order valence-electron chi connectivity index (χ4n) is 3.16. The number of rotatable bonds is 5. The first-order chi connectivity index (χ1) is 11.4. The lowest BCUT2D eigenvalue weighted by atomic mass is 9.83. The summed E-state index contributed by atoms with van der Waals surface area (Å²) in [6.07, 6.45) is 0.213. The van der Waals surface area contributed by atoms with Crippen molar-refractivity contribution in [2.24, 2.45) is 11.8 Å². The second-order valence-corrected chi connectivity index (χ2v) is 6.49. The molecule has 1 aromatic carbocycles.